The standard InChI is InChI=1S/C24H31ClFN9O2S/c1-3-33-9-11-34(12-10-33)22-14-20(28-21-13-16(2)31-32-21)29-24(30-22)27-17-7-8-35(15-17)38(36,37)19-6-4-5-18(25)23(19)26/h4-6,13-14,17H,3,7-12,15H2,1-2H3,(H3,27,28,29,30,31,32)/t17-/m0/s1. The van der Waals surface area contributed by atoms with Gasteiger partial charge < -0.3 is 20.4 Å². The van der Waals surface area contributed by atoms with Crippen molar-refractivity contribution in [2.75, 3.05) is 61.3 Å². The molecule has 14 heteroatoms. The highest BCUT2D eigenvalue weighted by atomic mass is 35.5. The molecule has 0 saturated carbocycles. The van der Waals surface area contributed by atoms with Crippen molar-refractivity contribution >= 4 is 45.0 Å². The second-order valence-corrected chi connectivity index (χ2v) is 11.8. The number of aromatic amines is 1. The molecule has 204 valence electrons. The Morgan fingerprint density at radius 3 is 2.63 bits per heavy atom. The van der Waals surface area contributed by atoms with Gasteiger partial charge in [0.05, 0.1) is 5.02 Å². The van der Waals surface area contributed by atoms with Gasteiger partial charge in [-0.3, -0.25) is 5.10 Å². The van der Waals surface area contributed by atoms with Gasteiger partial charge in [0.25, 0.3) is 0 Å². The molecule has 3 N–H and O–H groups in total. The number of anilines is 4. The molecule has 0 bridgehead atoms. The van der Waals surface area contributed by atoms with Crippen LogP contribution in [0.5, 0.6) is 0 Å². The first-order chi connectivity index (χ1) is 18.2. The monoisotopic (exact) mass is 563 g/mol. The maximum Gasteiger partial charge on any atom is 0.246 e. The third-order valence-electron chi connectivity index (χ3n) is 6.84. The Labute approximate surface area is 226 Å². The van der Waals surface area contributed by atoms with Gasteiger partial charge in [-0.25, -0.2) is 12.8 Å². The van der Waals surface area contributed by atoms with E-state index in [-0.39, 0.29) is 24.2 Å². The number of benzene rings is 1. The first-order valence-electron chi connectivity index (χ1n) is 12.6. The number of aryl methyl sites for hydroxylation is 1. The molecule has 0 spiro atoms. The third-order valence-corrected chi connectivity index (χ3v) is 9.01. The van der Waals surface area contributed by atoms with E-state index in [9.17, 15) is 12.8 Å². The number of rotatable bonds is 8. The maximum atomic E-state index is 14.5. The van der Waals surface area contributed by atoms with Crippen LogP contribution in [0.25, 0.3) is 0 Å². The van der Waals surface area contributed by atoms with Crippen LogP contribution >= 0.6 is 11.6 Å². The van der Waals surface area contributed by atoms with Crippen LogP contribution in [0.2, 0.25) is 5.02 Å². The Kier molecular flexibility index (Phi) is 7.70. The molecule has 2 saturated heterocycles. The summed E-state index contributed by atoms with van der Waals surface area (Å²) in [5.74, 6) is 1.43. The Balaban J connectivity index is 1.35. The number of nitrogens with one attached hydrogen (secondary N) is 3. The topological polar surface area (TPSA) is 122 Å². The number of aromatic nitrogens is 4. The molecule has 2 aliphatic heterocycles. The molecule has 38 heavy (non-hydrogen) atoms. The van der Waals surface area contributed by atoms with Crippen molar-refractivity contribution in [2.24, 2.45) is 0 Å². The summed E-state index contributed by atoms with van der Waals surface area (Å²) in [6, 6.07) is 7.51. The molecule has 0 unspecified atom stereocenters. The van der Waals surface area contributed by atoms with Gasteiger partial charge in [-0.15, -0.1) is 0 Å². The van der Waals surface area contributed by atoms with Crippen LogP contribution in [0.3, 0.4) is 0 Å². The minimum Gasteiger partial charge on any atom is -0.354 e. The zero-order valence-corrected chi connectivity index (χ0v) is 22.9. The summed E-state index contributed by atoms with van der Waals surface area (Å²) in [6.45, 7) is 9.04. The summed E-state index contributed by atoms with van der Waals surface area (Å²) >= 11 is 5.83. The van der Waals surface area contributed by atoms with Crippen molar-refractivity contribution in [1.29, 1.82) is 0 Å². The van der Waals surface area contributed by atoms with E-state index in [0.717, 1.165) is 44.2 Å². The highest BCUT2D eigenvalue weighted by Gasteiger charge is 2.35. The zero-order chi connectivity index (χ0) is 26.9. The van der Waals surface area contributed by atoms with Gasteiger partial charge >= 0.3 is 0 Å². The van der Waals surface area contributed by atoms with Crippen LogP contribution in [0.4, 0.5) is 27.8 Å². The SMILES string of the molecule is CCN1CCN(c2cc(Nc3cc(C)[nH]n3)nc(N[C@H]3CCN(S(=O)(=O)c4cccc(Cl)c4F)C3)n2)CC1. The third kappa shape index (κ3) is 5.70. The van der Waals surface area contributed by atoms with Crippen molar-refractivity contribution in [2.45, 2.75) is 31.2 Å². The molecule has 0 radical (unpaired) electrons. The van der Waals surface area contributed by atoms with Gasteiger partial charge in [-0.1, -0.05) is 24.6 Å². The summed E-state index contributed by atoms with van der Waals surface area (Å²) in [4.78, 5) is 13.6. The lowest BCUT2D eigenvalue weighted by Crippen LogP contribution is -2.46. The Bertz CT molecular complexity index is 1400. The smallest absolute Gasteiger partial charge is 0.246 e. The molecule has 2 aromatic heterocycles. The lowest BCUT2D eigenvalue weighted by molar-refractivity contribution is 0.270. The summed E-state index contributed by atoms with van der Waals surface area (Å²) in [5.41, 5.74) is 0.916. The summed E-state index contributed by atoms with van der Waals surface area (Å²) < 4.78 is 42.0. The Hall–Kier alpha value is -3.00. The number of hydrogen-bond acceptors (Lipinski definition) is 9. The van der Waals surface area contributed by atoms with Gasteiger partial charge in [-0.05, 0) is 32.0 Å². The first-order valence-corrected chi connectivity index (χ1v) is 14.4. The molecule has 5 rings (SSSR count). The van der Waals surface area contributed by atoms with E-state index in [1.807, 2.05) is 19.1 Å². The van der Waals surface area contributed by atoms with E-state index in [1.165, 1.54) is 22.5 Å². The lowest BCUT2D eigenvalue weighted by Gasteiger charge is -2.35. The van der Waals surface area contributed by atoms with Crippen LogP contribution < -0.4 is 15.5 Å². The van der Waals surface area contributed by atoms with Gasteiger partial charge in [0.1, 0.15) is 16.5 Å². The number of piperazine rings is 1. The van der Waals surface area contributed by atoms with E-state index >= 15 is 0 Å². The van der Waals surface area contributed by atoms with E-state index in [4.69, 9.17) is 16.6 Å². The summed E-state index contributed by atoms with van der Waals surface area (Å²) in [5, 5.41) is 13.4. The van der Waals surface area contributed by atoms with Crippen LogP contribution in [-0.2, 0) is 10.0 Å². The fraction of sp³-hybridized carbons (Fsp3) is 0.458. The van der Waals surface area contributed by atoms with Crippen LogP contribution in [0.1, 0.15) is 19.0 Å². The molecular weight excluding hydrogens is 533 g/mol. The average Bonchev–Trinajstić information content (AvgIpc) is 3.54. The van der Waals surface area contributed by atoms with Crippen LogP contribution in [0.15, 0.2) is 35.2 Å². The van der Waals surface area contributed by atoms with Gasteiger partial charge in [0, 0.05) is 63.1 Å². The Morgan fingerprint density at radius 2 is 1.92 bits per heavy atom. The minimum atomic E-state index is -4.04. The van der Waals surface area contributed by atoms with Crippen molar-refractivity contribution in [3.05, 3.63) is 46.9 Å². The number of likely N-dealkylation sites (N-methyl/N-ethyl adjacent to an activating group) is 1. The molecule has 0 amide bonds. The fourth-order valence-electron chi connectivity index (χ4n) is 4.70. The second-order valence-electron chi connectivity index (χ2n) is 9.46. The largest absolute Gasteiger partial charge is 0.354 e. The van der Waals surface area contributed by atoms with Crippen molar-refractivity contribution < 1.29 is 12.8 Å². The highest BCUT2D eigenvalue weighted by molar-refractivity contribution is 7.89. The molecule has 3 aromatic rings. The summed E-state index contributed by atoms with van der Waals surface area (Å²) in [7, 11) is -4.04. The molecule has 2 fully saturated rings. The maximum absolute atomic E-state index is 14.5. The number of sulfonamides is 1. The summed E-state index contributed by atoms with van der Waals surface area (Å²) in [6.07, 6.45) is 0.519. The van der Waals surface area contributed by atoms with Crippen LogP contribution in [0, 0.1) is 12.7 Å². The molecule has 1 aromatic carbocycles. The molecular formula is C24H31ClFN9O2S. The second kappa shape index (κ2) is 11.0. The predicted octanol–water partition coefficient (Wildman–Crippen LogP) is 3.06. The zero-order valence-electron chi connectivity index (χ0n) is 21.3. The first kappa shape index (κ1) is 26.6. The van der Waals surface area contributed by atoms with E-state index in [0.29, 0.717) is 24.0 Å². The van der Waals surface area contributed by atoms with E-state index in [2.05, 4.69) is 42.5 Å². The minimum absolute atomic E-state index is 0.151. The van der Waals surface area contributed by atoms with Crippen LogP contribution in [-0.4, -0.2) is 89.6 Å². The predicted molar refractivity (Wildman–Crippen MR) is 145 cm³/mol. The van der Waals surface area contributed by atoms with Gasteiger partial charge in [0.2, 0.25) is 16.0 Å². The van der Waals surface area contributed by atoms with Gasteiger partial charge in [0.15, 0.2) is 11.6 Å². The van der Waals surface area contributed by atoms with Gasteiger partial charge in [-0.2, -0.15) is 19.4 Å². The lowest BCUT2D eigenvalue weighted by atomic mass is 10.3. The molecule has 0 aliphatic carbocycles. The fourth-order valence-corrected chi connectivity index (χ4v) is 6.52. The number of H-pyrrole nitrogens is 1. The molecule has 1 atom stereocenters. The quantitative estimate of drug-likeness (QED) is 0.379. The number of halogens is 2. The average molecular weight is 564 g/mol. The van der Waals surface area contributed by atoms with E-state index in [1.54, 1.807) is 0 Å². The molecule has 11 nitrogen and oxygen atoms in total. The molecule has 4 heterocycles. The highest BCUT2D eigenvalue weighted by Crippen LogP contribution is 2.28. The number of hydrogen-bond donors (Lipinski definition) is 3. The van der Waals surface area contributed by atoms with E-state index < -0.39 is 20.7 Å². The normalized spacial score (nSPS) is 19.2. The number of nitrogens with zero attached hydrogens (tertiary/aromatic N) is 6. The van der Waals surface area contributed by atoms with Crippen molar-refractivity contribution in [3.63, 3.8) is 0 Å². The van der Waals surface area contributed by atoms with Crippen molar-refractivity contribution in [3.8, 4) is 0 Å². The Morgan fingerprint density at radius 1 is 1.13 bits per heavy atom. The van der Waals surface area contributed by atoms with Crippen molar-refractivity contribution in [1.82, 2.24) is 29.4 Å². The molecule has 2 aliphatic rings.